The number of aryl methyl sites for hydroxylation is 2. The first kappa shape index (κ1) is 9.90. The molecule has 0 fully saturated rings. The molecule has 3 nitrogen and oxygen atoms in total. The van der Waals surface area contributed by atoms with Gasteiger partial charge in [0.2, 0.25) is 0 Å². The lowest BCUT2D eigenvalue weighted by molar-refractivity contribution is 0.685. The summed E-state index contributed by atoms with van der Waals surface area (Å²) in [5, 5.41) is 0.702. The molecule has 0 amide bonds. The lowest BCUT2D eigenvalue weighted by Gasteiger charge is -2.08. The molecule has 3 heteroatoms. The molecule has 0 aliphatic heterocycles. The highest BCUT2D eigenvalue weighted by Gasteiger charge is 2.05. The van der Waals surface area contributed by atoms with Gasteiger partial charge in [-0.3, -0.25) is 9.36 Å². The molecule has 1 aromatic carbocycles. The highest BCUT2D eigenvalue weighted by Crippen LogP contribution is 2.10. The minimum absolute atomic E-state index is 0.0556. The Labute approximate surface area is 88.4 Å². The lowest BCUT2D eigenvalue weighted by Crippen LogP contribution is -2.22. The number of aromatic nitrogens is 2. The lowest BCUT2D eigenvalue weighted by atomic mass is 10.2. The number of hydrogen-bond acceptors (Lipinski definition) is 2. The monoisotopic (exact) mass is 202 g/mol. The molecule has 15 heavy (non-hydrogen) atoms. The molecule has 0 bridgehead atoms. The Morgan fingerprint density at radius 2 is 2.07 bits per heavy atom. The van der Waals surface area contributed by atoms with Crippen LogP contribution in [0, 0.1) is 13.8 Å². The highest BCUT2D eigenvalue weighted by atomic mass is 16.1. The van der Waals surface area contributed by atoms with Gasteiger partial charge in [-0.2, -0.15) is 0 Å². The third-order valence-corrected chi connectivity index (χ3v) is 2.62. The van der Waals surface area contributed by atoms with Crippen molar-refractivity contribution in [3.63, 3.8) is 0 Å². The van der Waals surface area contributed by atoms with Crippen molar-refractivity contribution in [3.05, 3.63) is 39.9 Å². The zero-order valence-electron chi connectivity index (χ0n) is 9.24. The number of rotatable bonds is 1. The van der Waals surface area contributed by atoms with Gasteiger partial charge < -0.3 is 0 Å². The van der Waals surface area contributed by atoms with E-state index in [0.717, 1.165) is 16.9 Å². The van der Waals surface area contributed by atoms with Gasteiger partial charge >= 0.3 is 0 Å². The predicted octanol–water partition coefficient (Wildman–Crippen LogP) is 2.03. The molecule has 0 aliphatic rings. The van der Waals surface area contributed by atoms with Crippen LogP contribution in [0.15, 0.2) is 23.0 Å². The van der Waals surface area contributed by atoms with E-state index in [-0.39, 0.29) is 5.56 Å². The second-order valence-electron chi connectivity index (χ2n) is 3.73. The zero-order valence-corrected chi connectivity index (χ0v) is 9.24. The van der Waals surface area contributed by atoms with E-state index in [0.29, 0.717) is 11.9 Å². The fraction of sp³-hybridized carbons (Fsp3) is 0.333. The van der Waals surface area contributed by atoms with Crippen molar-refractivity contribution in [2.24, 2.45) is 0 Å². The van der Waals surface area contributed by atoms with Crippen LogP contribution >= 0.6 is 0 Å². The van der Waals surface area contributed by atoms with Gasteiger partial charge in [0, 0.05) is 6.54 Å². The Balaban J connectivity index is 2.91. The van der Waals surface area contributed by atoms with Gasteiger partial charge in [0.25, 0.3) is 5.56 Å². The van der Waals surface area contributed by atoms with Gasteiger partial charge in [0.15, 0.2) is 0 Å². The van der Waals surface area contributed by atoms with E-state index >= 15 is 0 Å². The van der Waals surface area contributed by atoms with E-state index in [9.17, 15) is 4.79 Å². The predicted molar refractivity (Wildman–Crippen MR) is 61.2 cm³/mol. The van der Waals surface area contributed by atoms with Gasteiger partial charge in [-0.1, -0.05) is 6.07 Å². The van der Waals surface area contributed by atoms with E-state index < -0.39 is 0 Å². The molecule has 0 N–H and O–H groups in total. The largest absolute Gasteiger partial charge is 0.297 e. The van der Waals surface area contributed by atoms with Crippen LogP contribution in [0.3, 0.4) is 0 Å². The molecule has 1 aromatic heterocycles. The van der Waals surface area contributed by atoms with Crippen LogP contribution < -0.4 is 5.56 Å². The first-order chi connectivity index (χ1) is 7.13. The maximum absolute atomic E-state index is 12.0. The second-order valence-corrected chi connectivity index (χ2v) is 3.73. The molecular formula is C12H14N2O. The summed E-state index contributed by atoms with van der Waals surface area (Å²) < 4.78 is 1.69. The summed E-state index contributed by atoms with van der Waals surface area (Å²) in [5.41, 5.74) is 1.98. The van der Waals surface area contributed by atoms with Crippen LogP contribution in [0.2, 0.25) is 0 Å². The molecular weight excluding hydrogens is 188 g/mol. The Bertz CT molecular complexity index is 570. The summed E-state index contributed by atoms with van der Waals surface area (Å²) in [6.07, 6.45) is 0. The third kappa shape index (κ3) is 1.54. The molecule has 0 saturated carbocycles. The number of benzene rings is 1. The average molecular weight is 202 g/mol. The van der Waals surface area contributed by atoms with Crippen LogP contribution in [0.5, 0.6) is 0 Å². The molecule has 78 valence electrons. The Morgan fingerprint density at radius 1 is 1.33 bits per heavy atom. The molecule has 1 heterocycles. The average Bonchev–Trinajstić information content (AvgIpc) is 2.17. The first-order valence-corrected chi connectivity index (χ1v) is 5.11. The smallest absolute Gasteiger partial charge is 0.261 e. The van der Waals surface area contributed by atoms with Crippen molar-refractivity contribution in [1.29, 1.82) is 0 Å². The van der Waals surface area contributed by atoms with E-state index in [1.807, 2.05) is 39.0 Å². The fourth-order valence-corrected chi connectivity index (χ4v) is 1.81. The molecule has 2 aromatic rings. The first-order valence-electron chi connectivity index (χ1n) is 5.11. The standard InChI is InChI=1S/C12H14N2O/c1-4-14-9(3)13-11-7-8(2)5-6-10(11)12(14)15/h5-7H,4H2,1-3H3. The van der Waals surface area contributed by atoms with Gasteiger partial charge in [0.05, 0.1) is 10.9 Å². The second kappa shape index (κ2) is 3.50. The van der Waals surface area contributed by atoms with Gasteiger partial charge in [-0.25, -0.2) is 4.98 Å². The maximum atomic E-state index is 12.0. The Kier molecular flexibility index (Phi) is 2.31. The maximum Gasteiger partial charge on any atom is 0.261 e. The third-order valence-electron chi connectivity index (χ3n) is 2.62. The quantitative estimate of drug-likeness (QED) is 0.709. The highest BCUT2D eigenvalue weighted by molar-refractivity contribution is 5.78. The SMILES string of the molecule is CCn1c(C)nc2cc(C)ccc2c1=O. The van der Waals surface area contributed by atoms with Crippen LogP contribution in [-0.2, 0) is 6.54 Å². The summed E-state index contributed by atoms with van der Waals surface area (Å²) >= 11 is 0. The summed E-state index contributed by atoms with van der Waals surface area (Å²) in [6.45, 7) is 6.49. The molecule has 2 rings (SSSR count). The normalized spacial score (nSPS) is 10.9. The molecule has 0 unspecified atom stereocenters. The Hall–Kier alpha value is -1.64. The summed E-state index contributed by atoms with van der Waals surface area (Å²) in [5.74, 6) is 0.778. The van der Waals surface area contributed by atoms with Crippen molar-refractivity contribution in [2.75, 3.05) is 0 Å². The minimum atomic E-state index is 0.0556. The topological polar surface area (TPSA) is 34.9 Å². The molecule has 0 saturated heterocycles. The van der Waals surface area contributed by atoms with E-state index in [1.165, 1.54) is 0 Å². The van der Waals surface area contributed by atoms with Gasteiger partial charge in [-0.15, -0.1) is 0 Å². The van der Waals surface area contributed by atoms with Crippen molar-refractivity contribution < 1.29 is 0 Å². The Morgan fingerprint density at radius 3 is 2.73 bits per heavy atom. The fourth-order valence-electron chi connectivity index (χ4n) is 1.81. The minimum Gasteiger partial charge on any atom is -0.297 e. The van der Waals surface area contributed by atoms with Gasteiger partial charge in [0.1, 0.15) is 5.82 Å². The summed E-state index contributed by atoms with van der Waals surface area (Å²) in [6, 6.07) is 5.75. The summed E-state index contributed by atoms with van der Waals surface area (Å²) in [7, 11) is 0. The van der Waals surface area contributed by atoms with E-state index in [2.05, 4.69) is 4.98 Å². The molecule has 0 radical (unpaired) electrons. The number of hydrogen-bond donors (Lipinski definition) is 0. The van der Waals surface area contributed by atoms with Gasteiger partial charge in [-0.05, 0) is 38.5 Å². The zero-order chi connectivity index (χ0) is 11.0. The van der Waals surface area contributed by atoms with Crippen LogP contribution in [0.4, 0.5) is 0 Å². The van der Waals surface area contributed by atoms with Crippen LogP contribution in [0.25, 0.3) is 10.9 Å². The van der Waals surface area contributed by atoms with Crippen molar-refractivity contribution in [3.8, 4) is 0 Å². The summed E-state index contributed by atoms with van der Waals surface area (Å²) in [4.78, 5) is 16.4. The van der Waals surface area contributed by atoms with Crippen LogP contribution in [0.1, 0.15) is 18.3 Å². The molecule has 0 atom stereocenters. The van der Waals surface area contributed by atoms with Crippen molar-refractivity contribution in [1.82, 2.24) is 9.55 Å². The number of fused-ring (bicyclic) bond motifs is 1. The van der Waals surface area contributed by atoms with Crippen molar-refractivity contribution in [2.45, 2.75) is 27.3 Å². The van der Waals surface area contributed by atoms with E-state index in [1.54, 1.807) is 4.57 Å². The van der Waals surface area contributed by atoms with Crippen LogP contribution in [-0.4, -0.2) is 9.55 Å². The van der Waals surface area contributed by atoms with Crippen molar-refractivity contribution >= 4 is 10.9 Å². The molecule has 0 spiro atoms. The molecule has 0 aliphatic carbocycles. The number of nitrogens with zero attached hydrogens (tertiary/aromatic N) is 2. The van der Waals surface area contributed by atoms with E-state index in [4.69, 9.17) is 0 Å².